The van der Waals surface area contributed by atoms with E-state index in [4.69, 9.17) is 5.11 Å². The number of carbonyl (C=O) groups excluding carboxylic acids is 1. The van der Waals surface area contributed by atoms with Crippen molar-refractivity contribution in [3.05, 3.63) is 12.7 Å². The Morgan fingerprint density at radius 1 is 1.08 bits per heavy atom. The SMILES string of the molecule is C=CC([O-])=NCCCCCCCCCCC(=O)N[C@H](C(=O)O)C(C)C.[Na+]. The van der Waals surface area contributed by atoms with Gasteiger partial charge in [-0.3, -0.25) is 4.79 Å². The number of carbonyl (C=O) groups is 2. The molecule has 0 aliphatic carbocycles. The van der Waals surface area contributed by atoms with E-state index < -0.39 is 12.0 Å². The number of aliphatic imine (C=N–C) groups is 1. The third-order valence-electron chi connectivity index (χ3n) is 4.00. The Morgan fingerprint density at radius 2 is 1.58 bits per heavy atom. The van der Waals surface area contributed by atoms with Crippen molar-refractivity contribution in [3.63, 3.8) is 0 Å². The molecule has 0 aromatic heterocycles. The largest absolute Gasteiger partial charge is 1.00 e. The summed E-state index contributed by atoms with van der Waals surface area (Å²) in [7, 11) is 0. The summed E-state index contributed by atoms with van der Waals surface area (Å²) in [4.78, 5) is 26.6. The molecule has 1 atom stereocenters. The van der Waals surface area contributed by atoms with Gasteiger partial charge in [0.1, 0.15) is 6.04 Å². The number of nitrogens with zero attached hydrogens (tertiary/aromatic N) is 1. The van der Waals surface area contributed by atoms with Crippen molar-refractivity contribution in [1.29, 1.82) is 0 Å². The van der Waals surface area contributed by atoms with E-state index in [1.54, 1.807) is 13.8 Å². The van der Waals surface area contributed by atoms with Crippen LogP contribution in [0.5, 0.6) is 0 Å². The average Bonchev–Trinajstić information content (AvgIpc) is 2.56. The molecule has 144 valence electrons. The molecule has 0 aromatic rings. The van der Waals surface area contributed by atoms with Gasteiger partial charge in [-0.2, -0.15) is 0 Å². The zero-order valence-corrected chi connectivity index (χ0v) is 18.6. The van der Waals surface area contributed by atoms with E-state index >= 15 is 0 Å². The number of carboxylic acid groups (broad SMARTS) is 1. The van der Waals surface area contributed by atoms with Crippen LogP contribution in [0.1, 0.15) is 71.6 Å². The van der Waals surface area contributed by atoms with Crippen LogP contribution in [0.4, 0.5) is 0 Å². The van der Waals surface area contributed by atoms with Gasteiger partial charge in [0.2, 0.25) is 5.91 Å². The Hall–Kier alpha value is -0.850. The molecular weight excluding hydrogens is 343 g/mol. The molecule has 0 heterocycles. The summed E-state index contributed by atoms with van der Waals surface area (Å²) in [5, 5.41) is 22.5. The Labute approximate surface area is 179 Å². The molecule has 0 bridgehead atoms. The predicted molar refractivity (Wildman–Crippen MR) is 98.5 cm³/mol. The molecule has 0 fully saturated rings. The fourth-order valence-corrected chi connectivity index (χ4v) is 2.47. The molecule has 6 nitrogen and oxygen atoms in total. The topological polar surface area (TPSA) is 102 Å². The van der Waals surface area contributed by atoms with Gasteiger partial charge < -0.3 is 20.5 Å². The summed E-state index contributed by atoms with van der Waals surface area (Å²) < 4.78 is 0. The molecule has 0 aliphatic heterocycles. The summed E-state index contributed by atoms with van der Waals surface area (Å²) in [6.45, 7) is 7.51. The predicted octanol–water partition coefficient (Wildman–Crippen LogP) is -0.328. The van der Waals surface area contributed by atoms with Crippen molar-refractivity contribution < 1.29 is 49.4 Å². The summed E-state index contributed by atoms with van der Waals surface area (Å²) >= 11 is 0. The minimum absolute atomic E-state index is 0. The summed E-state index contributed by atoms with van der Waals surface area (Å²) in [6, 6.07) is -0.805. The first-order chi connectivity index (χ1) is 11.9. The summed E-state index contributed by atoms with van der Waals surface area (Å²) in [6.07, 6.45) is 9.88. The summed E-state index contributed by atoms with van der Waals surface area (Å²) in [5.41, 5.74) is 0. The van der Waals surface area contributed by atoms with Gasteiger partial charge >= 0.3 is 35.5 Å². The minimum Gasteiger partial charge on any atom is -0.859 e. The quantitative estimate of drug-likeness (QED) is 0.177. The van der Waals surface area contributed by atoms with Crippen molar-refractivity contribution in [2.24, 2.45) is 10.9 Å². The molecule has 0 saturated carbocycles. The third kappa shape index (κ3) is 15.4. The van der Waals surface area contributed by atoms with Crippen LogP contribution in [0, 0.1) is 5.92 Å². The first kappa shape index (κ1) is 27.4. The smallest absolute Gasteiger partial charge is 0.859 e. The van der Waals surface area contributed by atoms with E-state index in [-0.39, 0.29) is 47.3 Å². The van der Waals surface area contributed by atoms with Gasteiger partial charge in [-0.05, 0) is 24.7 Å². The monoisotopic (exact) mass is 376 g/mol. The molecule has 0 rings (SSSR count). The normalized spacial score (nSPS) is 12.3. The van der Waals surface area contributed by atoms with Crippen molar-refractivity contribution in [2.75, 3.05) is 6.54 Å². The van der Waals surface area contributed by atoms with Crippen LogP contribution in [0.3, 0.4) is 0 Å². The third-order valence-corrected chi connectivity index (χ3v) is 4.00. The van der Waals surface area contributed by atoms with Crippen LogP contribution in [0.15, 0.2) is 17.6 Å². The molecule has 2 N–H and O–H groups in total. The van der Waals surface area contributed by atoms with Gasteiger partial charge in [0.15, 0.2) is 0 Å². The fourth-order valence-electron chi connectivity index (χ4n) is 2.47. The maximum atomic E-state index is 11.8. The Bertz CT molecular complexity index is 439. The molecule has 0 radical (unpaired) electrons. The number of carboxylic acids is 1. The first-order valence-corrected chi connectivity index (χ1v) is 9.24. The number of amides is 1. The molecule has 0 saturated heterocycles. The molecular formula is C19H33N2NaO4. The average molecular weight is 376 g/mol. The van der Waals surface area contributed by atoms with Crippen LogP contribution in [0.25, 0.3) is 0 Å². The van der Waals surface area contributed by atoms with Gasteiger partial charge in [-0.1, -0.05) is 65.0 Å². The van der Waals surface area contributed by atoms with Crippen LogP contribution in [-0.4, -0.2) is 35.5 Å². The van der Waals surface area contributed by atoms with Crippen molar-refractivity contribution >= 4 is 17.8 Å². The van der Waals surface area contributed by atoms with E-state index in [9.17, 15) is 14.7 Å². The molecule has 7 heteroatoms. The van der Waals surface area contributed by atoms with Gasteiger partial charge in [-0.15, -0.1) is 0 Å². The maximum absolute atomic E-state index is 11.8. The molecule has 0 aliphatic rings. The van der Waals surface area contributed by atoms with Crippen molar-refractivity contribution in [1.82, 2.24) is 5.32 Å². The van der Waals surface area contributed by atoms with Gasteiger partial charge in [0, 0.05) is 13.0 Å². The fraction of sp³-hybridized carbons (Fsp3) is 0.737. The number of hydrogen-bond acceptors (Lipinski definition) is 4. The van der Waals surface area contributed by atoms with E-state index in [2.05, 4.69) is 16.9 Å². The van der Waals surface area contributed by atoms with E-state index in [1.165, 1.54) is 6.08 Å². The Balaban J connectivity index is 0. The van der Waals surface area contributed by atoms with Crippen molar-refractivity contribution in [3.8, 4) is 0 Å². The second kappa shape index (κ2) is 17.6. The molecule has 0 unspecified atom stereocenters. The van der Waals surface area contributed by atoms with Crippen LogP contribution >= 0.6 is 0 Å². The Kier molecular flexibility index (Phi) is 18.5. The zero-order chi connectivity index (χ0) is 19.1. The molecule has 0 aromatic carbocycles. The van der Waals surface area contributed by atoms with E-state index in [1.807, 2.05) is 0 Å². The second-order valence-electron chi connectivity index (χ2n) is 6.63. The number of hydrogen-bond donors (Lipinski definition) is 2. The van der Waals surface area contributed by atoms with Crippen LogP contribution < -0.4 is 40.0 Å². The number of rotatable bonds is 15. The van der Waals surface area contributed by atoms with Crippen LogP contribution in [0.2, 0.25) is 0 Å². The molecule has 26 heavy (non-hydrogen) atoms. The number of nitrogens with one attached hydrogen (secondary N) is 1. The molecule has 1 amide bonds. The minimum atomic E-state index is -0.981. The maximum Gasteiger partial charge on any atom is 1.00 e. The van der Waals surface area contributed by atoms with E-state index in [0.717, 1.165) is 51.4 Å². The summed E-state index contributed by atoms with van der Waals surface area (Å²) in [5.74, 6) is -1.53. The van der Waals surface area contributed by atoms with Gasteiger partial charge in [-0.25, -0.2) is 4.79 Å². The number of aliphatic carboxylic acids is 1. The van der Waals surface area contributed by atoms with Crippen LogP contribution in [-0.2, 0) is 9.59 Å². The van der Waals surface area contributed by atoms with Gasteiger partial charge in [0.05, 0.1) is 0 Å². The van der Waals surface area contributed by atoms with Gasteiger partial charge in [0.25, 0.3) is 0 Å². The second-order valence-corrected chi connectivity index (χ2v) is 6.63. The Morgan fingerprint density at radius 3 is 2.04 bits per heavy atom. The van der Waals surface area contributed by atoms with E-state index in [0.29, 0.717) is 13.0 Å². The first-order valence-electron chi connectivity index (χ1n) is 9.24. The van der Waals surface area contributed by atoms with Crippen molar-refractivity contribution in [2.45, 2.75) is 77.7 Å². The standard InChI is InChI=1S/C19H34N2O4.Na/c1-4-16(22)20-14-12-10-8-6-5-7-9-11-13-17(23)21-18(15(2)3)19(24)25;/h4,15,18H,1,5-14H2,2-3H3,(H,20,22)(H,21,23)(H,24,25);/q;+1/p-1/t18-;/m0./s1. The zero-order valence-electron chi connectivity index (χ0n) is 16.6. The molecule has 0 spiro atoms. The number of unbranched alkanes of at least 4 members (excludes halogenated alkanes) is 7.